The van der Waals surface area contributed by atoms with Gasteiger partial charge < -0.3 is 4.90 Å². The highest BCUT2D eigenvalue weighted by molar-refractivity contribution is 6.31. The number of aromatic nitrogens is 3. The molecular formula is C29H25ClFN5O3. The summed E-state index contributed by atoms with van der Waals surface area (Å²) in [4.78, 5) is 42.9. The van der Waals surface area contributed by atoms with Gasteiger partial charge in [0.25, 0.3) is 11.8 Å². The van der Waals surface area contributed by atoms with Crippen LogP contribution in [0.3, 0.4) is 0 Å². The molecule has 39 heavy (non-hydrogen) atoms. The summed E-state index contributed by atoms with van der Waals surface area (Å²) in [5.74, 6) is -1.33. The minimum absolute atomic E-state index is 0.0399. The molecule has 4 aromatic rings. The third-order valence-electron chi connectivity index (χ3n) is 6.90. The summed E-state index contributed by atoms with van der Waals surface area (Å²) in [6.07, 6.45) is 0.443. The molecule has 2 heterocycles. The van der Waals surface area contributed by atoms with Crippen molar-refractivity contribution in [3.05, 3.63) is 111 Å². The first-order chi connectivity index (χ1) is 18.7. The predicted molar refractivity (Wildman–Crippen MR) is 144 cm³/mol. The van der Waals surface area contributed by atoms with Crippen LogP contribution in [0.1, 0.15) is 55.2 Å². The topological polar surface area (TPSA) is 88.4 Å². The lowest BCUT2D eigenvalue weighted by molar-refractivity contribution is 0.0637. The molecule has 3 aromatic carbocycles. The van der Waals surface area contributed by atoms with Gasteiger partial charge in [-0.15, -0.1) is 10.2 Å². The summed E-state index contributed by atoms with van der Waals surface area (Å²) in [5, 5.41) is 9.02. The maximum Gasteiger partial charge on any atom is 0.261 e. The second-order valence-electron chi connectivity index (χ2n) is 9.60. The lowest BCUT2D eigenvalue weighted by Gasteiger charge is -2.21. The first kappa shape index (κ1) is 26.4. The molecule has 0 bridgehead atoms. The van der Waals surface area contributed by atoms with Gasteiger partial charge in [-0.05, 0) is 63.5 Å². The van der Waals surface area contributed by atoms with Crippen LogP contribution in [0.25, 0.3) is 5.69 Å². The molecule has 0 aliphatic carbocycles. The number of amides is 2. The molecule has 0 fully saturated rings. The number of ketones is 1. The zero-order valence-electron chi connectivity index (χ0n) is 21.6. The van der Waals surface area contributed by atoms with Crippen LogP contribution in [0, 0.1) is 5.82 Å². The number of carbonyl (C=O) groups excluding carboxylic acids is 3. The maximum atomic E-state index is 14.6. The van der Waals surface area contributed by atoms with Gasteiger partial charge >= 0.3 is 0 Å². The SMILES string of the molecule is CC(Cc1nnc(CN2C(=O)c3ccccc3C2=O)n1-c1ccc(Cl)cc1C(=O)c1ccccc1F)N(C)C. The van der Waals surface area contributed by atoms with E-state index in [0.29, 0.717) is 29.1 Å². The fourth-order valence-electron chi connectivity index (χ4n) is 4.51. The van der Waals surface area contributed by atoms with Crippen molar-refractivity contribution >= 4 is 29.2 Å². The third-order valence-corrected chi connectivity index (χ3v) is 7.13. The van der Waals surface area contributed by atoms with Crippen molar-refractivity contribution in [3.8, 4) is 5.69 Å². The minimum atomic E-state index is -0.662. The van der Waals surface area contributed by atoms with Gasteiger partial charge in [-0.1, -0.05) is 35.9 Å². The van der Waals surface area contributed by atoms with E-state index in [2.05, 4.69) is 10.2 Å². The van der Waals surface area contributed by atoms with Crippen molar-refractivity contribution in [2.75, 3.05) is 14.1 Å². The van der Waals surface area contributed by atoms with Crippen molar-refractivity contribution in [2.24, 2.45) is 0 Å². The summed E-state index contributed by atoms with van der Waals surface area (Å²) in [5.41, 5.74) is 1.02. The van der Waals surface area contributed by atoms with Crippen LogP contribution in [0.2, 0.25) is 5.02 Å². The van der Waals surface area contributed by atoms with Gasteiger partial charge in [0.05, 0.1) is 28.9 Å². The van der Waals surface area contributed by atoms with Crippen molar-refractivity contribution in [3.63, 3.8) is 0 Å². The van der Waals surface area contributed by atoms with Crippen LogP contribution in [0.5, 0.6) is 0 Å². The lowest BCUT2D eigenvalue weighted by atomic mass is 10.0. The fourth-order valence-corrected chi connectivity index (χ4v) is 4.68. The minimum Gasteiger partial charge on any atom is -0.306 e. The van der Waals surface area contributed by atoms with E-state index < -0.39 is 23.4 Å². The molecular weight excluding hydrogens is 521 g/mol. The summed E-state index contributed by atoms with van der Waals surface area (Å²) in [6, 6.07) is 17.1. The van der Waals surface area contributed by atoms with Crippen LogP contribution in [0.4, 0.5) is 4.39 Å². The smallest absolute Gasteiger partial charge is 0.261 e. The average Bonchev–Trinajstić information content (AvgIpc) is 3.42. The van der Waals surface area contributed by atoms with Crippen LogP contribution in [-0.2, 0) is 13.0 Å². The normalized spacial score (nSPS) is 13.7. The Morgan fingerprint density at radius 2 is 1.54 bits per heavy atom. The molecule has 1 atom stereocenters. The van der Waals surface area contributed by atoms with Crippen LogP contribution >= 0.6 is 11.6 Å². The Balaban J connectivity index is 1.64. The standard InChI is InChI=1S/C29H25ClFN5O3/c1-17(34(2)3)14-25-32-33-26(16-35-28(38)19-8-4-5-9-20(19)29(35)39)36(25)24-13-12-18(30)15-22(24)27(37)21-10-6-7-11-23(21)31/h4-13,15,17H,14,16H2,1-3H3. The zero-order chi connectivity index (χ0) is 27.8. The van der Waals surface area contributed by atoms with E-state index in [4.69, 9.17) is 11.6 Å². The van der Waals surface area contributed by atoms with Gasteiger partial charge in [-0.25, -0.2) is 4.39 Å². The number of benzene rings is 3. The number of hydrogen-bond acceptors (Lipinski definition) is 6. The molecule has 1 unspecified atom stereocenters. The fraction of sp³-hybridized carbons (Fsp3) is 0.207. The van der Waals surface area contributed by atoms with Gasteiger partial charge in [0, 0.05) is 23.0 Å². The Labute approximate surface area is 229 Å². The molecule has 1 aliphatic rings. The van der Waals surface area contributed by atoms with Crippen molar-refractivity contribution in [1.29, 1.82) is 0 Å². The monoisotopic (exact) mass is 545 g/mol. The van der Waals surface area contributed by atoms with Gasteiger partial charge in [-0.2, -0.15) is 0 Å². The highest BCUT2D eigenvalue weighted by atomic mass is 35.5. The number of nitrogens with zero attached hydrogens (tertiary/aromatic N) is 5. The number of halogens is 2. The number of hydrogen-bond donors (Lipinski definition) is 0. The molecule has 0 N–H and O–H groups in total. The highest BCUT2D eigenvalue weighted by Crippen LogP contribution is 2.29. The number of carbonyl (C=O) groups is 3. The molecule has 0 spiro atoms. The molecule has 0 saturated heterocycles. The van der Waals surface area contributed by atoms with E-state index in [-0.39, 0.29) is 34.6 Å². The zero-order valence-corrected chi connectivity index (χ0v) is 22.3. The molecule has 8 nitrogen and oxygen atoms in total. The van der Waals surface area contributed by atoms with Gasteiger partial charge in [0.15, 0.2) is 11.6 Å². The molecule has 1 aromatic heterocycles. The van der Waals surface area contributed by atoms with E-state index in [9.17, 15) is 18.8 Å². The van der Waals surface area contributed by atoms with Gasteiger partial charge in [-0.3, -0.25) is 23.9 Å². The summed E-state index contributed by atoms with van der Waals surface area (Å²) in [6.45, 7) is 1.84. The Bertz CT molecular complexity index is 1580. The summed E-state index contributed by atoms with van der Waals surface area (Å²) < 4.78 is 16.3. The van der Waals surface area contributed by atoms with Crippen molar-refractivity contribution < 1.29 is 18.8 Å². The number of rotatable bonds is 8. The van der Waals surface area contributed by atoms with E-state index >= 15 is 0 Å². The Hall–Kier alpha value is -4.21. The second kappa shape index (κ2) is 10.5. The highest BCUT2D eigenvalue weighted by Gasteiger charge is 2.36. The second-order valence-corrected chi connectivity index (χ2v) is 10.0. The molecule has 0 saturated carbocycles. The van der Waals surface area contributed by atoms with Crippen LogP contribution in [0.15, 0.2) is 66.7 Å². The molecule has 0 radical (unpaired) electrons. The Kier molecular flexibility index (Phi) is 7.12. The first-order valence-electron chi connectivity index (χ1n) is 12.3. The van der Waals surface area contributed by atoms with E-state index in [1.165, 1.54) is 24.3 Å². The van der Waals surface area contributed by atoms with E-state index in [1.807, 2.05) is 25.9 Å². The van der Waals surface area contributed by atoms with Crippen molar-refractivity contribution in [1.82, 2.24) is 24.6 Å². The first-order valence-corrected chi connectivity index (χ1v) is 12.7. The quantitative estimate of drug-likeness (QED) is 0.238. The maximum absolute atomic E-state index is 14.6. The Morgan fingerprint density at radius 3 is 2.18 bits per heavy atom. The number of likely N-dealkylation sites (N-methyl/N-ethyl adjacent to an activating group) is 1. The summed E-state index contributed by atoms with van der Waals surface area (Å²) >= 11 is 6.29. The number of fused-ring (bicyclic) bond motifs is 1. The average molecular weight is 546 g/mol. The molecule has 10 heteroatoms. The van der Waals surface area contributed by atoms with Crippen LogP contribution < -0.4 is 0 Å². The van der Waals surface area contributed by atoms with Crippen molar-refractivity contribution in [2.45, 2.75) is 25.9 Å². The molecule has 198 valence electrons. The third kappa shape index (κ3) is 4.86. The molecule has 1 aliphatic heterocycles. The summed E-state index contributed by atoms with van der Waals surface area (Å²) in [7, 11) is 3.86. The predicted octanol–water partition coefficient (Wildman–Crippen LogP) is 4.58. The van der Waals surface area contributed by atoms with Gasteiger partial charge in [0.1, 0.15) is 11.6 Å². The molecule has 5 rings (SSSR count). The Morgan fingerprint density at radius 1 is 0.923 bits per heavy atom. The number of imide groups is 1. The van der Waals surface area contributed by atoms with E-state index in [0.717, 1.165) is 4.90 Å². The van der Waals surface area contributed by atoms with E-state index in [1.54, 1.807) is 47.0 Å². The van der Waals surface area contributed by atoms with Crippen LogP contribution in [-0.4, -0.2) is 62.3 Å². The molecule has 2 amide bonds. The largest absolute Gasteiger partial charge is 0.306 e. The lowest BCUT2D eigenvalue weighted by Crippen LogP contribution is -2.31. The van der Waals surface area contributed by atoms with Gasteiger partial charge in [0.2, 0.25) is 0 Å².